The molecular formula is C9H17NO. The fourth-order valence-corrected chi connectivity index (χ4v) is 1.02. The van der Waals surface area contributed by atoms with Crippen LogP contribution in [0.5, 0.6) is 0 Å². The van der Waals surface area contributed by atoms with Gasteiger partial charge in [0.1, 0.15) is 0 Å². The largest absolute Gasteiger partial charge is 0.481 e. The van der Waals surface area contributed by atoms with Crippen LogP contribution < -0.4 is 0 Å². The van der Waals surface area contributed by atoms with E-state index in [1.165, 1.54) is 0 Å². The summed E-state index contributed by atoms with van der Waals surface area (Å²) in [6.45, 7) is 8.32. The summed E-state index contributed by atoms with van der Waals surface area (Å²) in [7, 11) is 0. The number of ether oxygens (including phenoxy) is 1. The molecule has 0 radical (unpaired) electrons. The van der Waals surface area contributed by atoms with Gasteiger partial charge in [0.15, 0.2) is 5.90 Å². The molecule has 0 amide bonds. The summed E-state index contributed by atoms with van der Waals surface area (Å²) in [5.41, 5.74) is 0.139. The highest BCUT2D eigenvalue weighted by Gasteiger charge is 2.25. The van der Waals surface area contributed by atoms with Crippen LogP contribution in [0, 0.1) is 5.41 Å². The van der Waals surface area contributed by atoms with Crippen molar-refractivity contribution in [2.24, 2.45) is 10.4 Å². The predicted molar refractivity (Wildman–Crippen MR) is 46.9 cm³/mol. The number of nitrogens with zero attached hydrogens (tertiary/aromatic N) is 1. The van der Waals surface area contributed by atoms with Crippen LogP contribution in [0.3, 0.4) is 0 Å². The van der Waals surface area contributed by atoms with E-state index in [2.05, 4.69) is 25.8 Å². The van der Waals surface area contributed by atoms with E-state index in [1.807, 2.05) is 0 Å². The molecule has 0 aliphatic carbocycles. The average molecular weight is 155 g/mol. The molecule has 0 aromatic heterocycles. The van der Waals surface area contributed by atoms with Crippen molar-refractivity contribution in [1.29, 1.82) is 0 Å². The predicted octanol–water partition coefficient (Wildman–Crippen LogP) is 2.24. The van der Waals surface area contributed by atoms with E-state index in [4.69, 9.17) is 4.74 Å². The van der Waals surface area contributed by atoms with Gasteiger partial charge in [-0.1, -0.05) is 20.8 Å². The minimum Gasteiger partial charge on any atom is -0.481 e. The minimum atomic E-state index is 0.139. The molecule has 1 heterocycles. The second-order valence-electron chi connectivity index (χ2n) is 3.63. The van der Waals surface area contributed by atoms with Crippen molar-refractivity contribution in [2.45, 2.75) is 33.6 Å². The van der Waals surface area contributed by atoms with E-state index in [9.17, 15) is 0 Å². The fraction of sp³-hybridized carbons (Fsp3) is 0.889. The van der Waals surface area contributed by atoms with Gasteiger partial charge in [-0.25, -0.2) is 0 Å². The van der Waals surface area contributed by atoms with Gasteiger partial charge in [-0.15, -0.1) is 0 Å². The van der Waals surface area contributed by atoms with Gasteiger partial charge in [0.2, 0.25) is 0 Å². The van der Waals surface area contributed by atoms with Crippen LogP contribution in [0.15, 0.2) is 4.99 Å². The molecule has 0 aromatic carbocycles. The van der Waals surface area contributed by atoms with E-state index >= 15 is 0 Å². The van der Waals surface area contributed by atoms with E-state index in [0.717, 1.165) is 31.9 Å². The molecule has 11 heavy (non-hydrogen) atoms. The van der Waals surface area contributed by atoms with Crippen molar-refractivity contribution in [3.05, 3.63) is 0 Å². The maximum Gasteiger partial charge on any atom is 0.189 e. The molecule has 0 atom stereocenters. The molecule has 0 fully saturated rings. The lowest BCUT2D eigenvalue weighted by Crippen LogP contribution is -2.29. The highest BCUT2D eigenvalue weighted by Crippen LogP contribution is 2.24. The van der Waals surface area contributed by atoms with Crippen molar-refractivity contribution in [3.8, 4) is 0 Å². The Morgan fingerprint density at radius 2 is 2.27 bits per heavy atom. The average Bonchev–Trinajstić information content (AvgIpc) is 2.06. The summed E-state index contributed by atoms with van der Waals surface area (Å²) in [5, 5.41) is 0. The van der Waals surface area contributed by atoms with Gasteiger partial charge in [-0.05, 0) is 6.42 Å². The SMILES string of the molecule is CCC(C)(C)C1=NCCCO1. The highest BCUT2D eigenvalue weighted by molar-refractivity contribution is 5.82. The highest BCUT2D eigenvalue weighted by atomic mass is 16.5. The smallest absolute Gasteiger partial charge is 0.189 e. The summed E-state index contributed by atoms with van der Waals surface area (Å²) in [4.78, 5) is 4.37. The molecule has 2 heteroatoms. The monoisotopic (exact) mass is 155 g/mol. The first kappa shape index (κ1) is 8.57. The van der Waals surface area contributed by atoms with Crippen molar-refractivity contribution in [2.75, 3.05) is 13.2 Å². The molecule has 0 aromatic rings. The van der Waals surface area contributed by atoms with E-state index in [0.29, 0.717) is 0 Å². The maximum atomic E-state index is 5.48. The number of aliphatic imine (C=N–C) groups is 1. The van der Waals surface area contributed by atoms with Crippen molar-refractivity contribution < 1.29 is 4.74 Å². The van der Waals surface area contributed by atoms with Gasteiger partial charge in [0, 0.05) is 18.4 Å². The first-order valence-electron chi connectivity index (χ1n) is 4.34. The molecule has 0 spiro atoms. The van der Waals surface area contributed by atoms with Gasteiger partial charge in [-0.2, -0.15) is 0 Å². The summed E-state index contributed by atoms with van der Waals surface area (Å²) < 4.78 is 5.48. The maximum absolute atomic E-state index is 5.48. The van der Waals surface area contributed by atoms with E-state index < -0.39 is 0 Å². The molecular weight excluding hydrogens is 138 g/mol. The lowest BCUT2D eigenvalue weighted by Gasteiger charge is -2.27. The minimum absolute atomic E-state index is 0.139. The van der Waals surface area contributed by atoms with E-state index in [1.54, 1.807) is 0 Å². The van der Waals surface area contributed by atoms with Gasteiger partial charge >= 0.3 is 0 Å². The number of hydrogen-bond acceptors (Lipinski definition) is 2. The third kappa shape index (κ3) is 1.95. The first-order chi connectivity index (χ1) is 5.17. The third-order valence-electron chi connectivity index (χ3n) is 2.26. The molecule has 2 nitrogen and oxygen atoms in total. The summed E-state index contributed by atoms with van der Waals surface area (Å²) in [5.74, 6) is 0.950. The fourth-order valence-electron chi connectivity index (χ4n) is 1.02. The first-order valence-corrected chi connectivity index (χ1v) is 4.34. The van der Waals surface area contributed by atoms with Crippen LogP contribution in [0.2, 0.25) is 0 Å². The molecule has 1 aliphatic rings. The van der Waals surface area contributed by atoms with Crippen LogP contribution in [0.4, 0.5) is 0 Å². The second-order valence-corrected chi connectivity index (χ2v) is 3.63. The number of rotatable bonds is 2. The van der Waals surface area contributed by atoms with Crippen molar-refractivity contribution in [1.82, 2.24) is 0 Å². The van der Waals surface area contributed by atoms with E-state index in [-0.39, 0.29) is 5.41 Å². The topological polar surface area (TPSA) is 21.6 Å². The van der Waals surface area contributed by atoms with Crippen LogP contribution in [0.25, 0.3) is 0 Å². The Labute approximate surface area is 68.7 Å². The molecule has 0 saturated heterocycles. The summed E-state index contributed by atoms with van der Waals surface area (Å²) >= 11 is 0. The lowest BCUT2D eigenvalue weighted by molar-refractivity contribution is 0.233. The Morgan fingerprint density at radius 1 is 1.55 bits per heavy atom. The van der Waals surface area contributed by atoms with Crippen LogP contribution in [0.1, 0.15) is 33.6 Å². The molecule has 1 aliphatic heterocycles. The van der Waals surface area contributed by atoms with Gasteiger partial charge in [0.05, 0.1) is 6.61 Å². The zero-order valence-corrected chi connectivity index (χ0v) is 7.68. The third-order valence-corrected chi connectivity index (χ3v) is 2.26. The molecule has 0 bridgehead atoms. The van der Waals surface area contributed by atoms with Crippen LogP contribution in [-0.2, 0) is 4.74 Å². The standard InChI is InChI=1S/C9H17NO/c1-4-9(2,3)8-10-6-5-7-11-8/h4-7H2,1-3H3. The Morgan fingerprint density at radius 3 is 2.73 bits per heavy atom. The molecule has 0 N–H and O–H groups in total. The van der Waals surface area contributed by atoms with Crippen molar-refractivity contribution in [3.63, 3.8) is 0 Å². The zero-order valence-electron chi connectivity index (χ0n) is 7.68. The van der Waals surface area contributed by atoms with Crippen LogP contribution in [-0.4, -0.2) is 19.0 Å². The molecule has 0 unspecified atom stereocenters. The Balaban J connectivity index is 2.64. The van der Waals surface area contributed by atoms with Gasteiger partial charge in [0.25, 0.3) is 0 Å². The summed E-state index contributed by atoms with van der Waals surface area (Å²) in [6, 6.07) is 0. The molecule has 64 valence electrons. The van der Waals surface area contributed by atoms with Crippen molar-refractivity contribution >= 4 is 5.90 Å². The van der Waals surface area contributed by atoms with Gasteiger partial charge in [-0.3, -0.25) is 4.99 Å². The Kier molecular flexibility index (Phi) is 2.53. The quantitative estimate of drug-likeness (QED) is 0.599. The normalized spacial score (nSPS) is 19.0. The number of hydrogen-bond donors (Lipinski definition) is 0. The second kappa shape index (κ2) is 3.24. The Bertz CT molecular complexity index is 161. The zero-order chi connectivity index (χ0) is 8.32. The lowest BCUT2D eigenvalue weighted by atomic mass is 9.90. The Hall–Kier alpha value is -0.530. The van der Waals surface area contributed by atoms with Gasteiger partial charge < -0.3 is 4.74 Å². The molecule has 0 saturated carbocycles. The summed E-state index contributed by atoms with van der Waals surface area (Å²) in [6.07, 6.45) is 2.16. The van der Waals surface area contributed by atoms with Crippen LogP contribution >= 0.6 is 0 Å². The molecule has 1 rings (SSSR count).